The van der Waals surface area contributed by atoms with Gasteiger partial charge in [0.05, 0.1) is 33.4 Å². The van der Waals surface area contributed by atoms with Gasteiger partial charge in [0, 0.05) is 11.6 Å². The summed E-state index contributed by atoms with van der Waals surface area (Å²) < 4.78 is 23.2. The minimum absolute atomic E-state index is 0.165. The summed E-state index contributed by atoms with van der Waals surface area (Å²) in [4.78, 5) is 13.3. The van der Waals surface area contributed by atoms with Crippen LogP contribution in [0.25, 0.3) is 0 Å². The smallest absolute Gasteiger partial charge is 0.318 e. The van der Waals surface area contributed by atoms with Crippen molar-refractivity contribution in [2.24, 2.45) is 0 Å². The number of urea groups is 1. The first-order valence-electron chi connectivity index (χ1n) is 6.46. The molecule has 0 bridgehead atoms. The Hall–Kier alpha value is -1.98. The fourth-order valence-corrected chi connectivity index (χ4v) is 2.12. The van der Waals surface area contributed by atoms with Gasteiger partial charge in [0.1, 0.15) is 17.7 Å². The molecule has 1 heterocycles. The van der Waals surface area contributed by atoms with E-state index in [0.717, 1.165) is 5.56 Å². The Morgan fingerprint density at radius 2 is 2.10 bits per heavy atom. The molecule has 0 aliphatic carbocycles. The zero-order chi connectivity index (χ0) is 14.7. The number of methoxy groups -OCH3 is 2. The van der Waals surface area contributed by atoms with Crippen LogP contribution in [0.2, 0.25) is 0 Å². The summed E-state index contributed by atoms with van der Waals surface area (Å²) in [7, 11) is 3.15. The normalized spacial score (nSPS) is 16.3. The maximum Gasteiger partial charge on any atom is 0.318 e. The van der Waals surface area contributed by atoms with Crippen LogP contribution in [0.5, 0.6) is 11.5 Å². The number of hydrogen-bond acceptors (Lipinski definition) is 3. The van der Waals surface area contributed by atoms with Crippen LogP contribution in [0.15, 0.2) is 18.2 Å². The lowest BCUT2D eigenvalue weighted by molar-refractivity contribution is 0.0884. The zero-order valence-corrected chi connectivity index (χ0v) is 11.9. The van der Waals surface area contributed by atoms with Crippen molar-refractivity contribution in [1.82, 2.24) is 10.2 Å². The number of amides is 2. The number of halogens is 1. The van der Waals surface area contributed by atoms with Gasteiger partial charge in [-0.3, -0.25) is 0 Å². The highest BCUT2D eigenvalue weighted by Gasteiger charge is 2.31. The lowest BCUT2D eigenvalue weighted by Crippen LogP contribution is -2.55. The van der Waals surface area contributed by atoms with E-state index in [-0.39, 0.29) is 25.2 Å². The van der Waals surface area contributed by atoms with Crippen LogP contribution in [0, 0.1) is 0 Å². The van der Waals surface area contributed by atoms with Crippen LogP contribution in [0.4, 0.5) is 9.18 Å². The van der Waals surface area contributed by atoms with E-state index in [1.807, 2.05) is 19.1 Å². The standard InChI is InChI=1S/C14H19FN2O3/c1-9(16-14(18)17-7-10(15)8-17)12-5-4-11(19-2)6-13(12)20-3/h4-6,9-10H,7-8H2,1-3H3,(H,16,18)/t9-/m1/s1. The second-order valence-electron chi connectivity index (χ2n) is 4.78. The third-order valence-corrected chi connectivity index (χ3v) is 3.37. The summed E-state index contributed by atoms with van der Waals surface area (Å²) in [5.41, 5.74) is 0.846. The third kappa shape index (κ3) is 2.95. The van der Waals surface area contributed by atoms with Crippen molar-refractivity contribution < 1.29 is 18.7 Å². The molecule has 6 heteroatoms. The van der Waals surface area contributed by atoms with Gasteiger partial charge in [-0.05, 0) is 19.1 Å². The highest BCUT2D eigenvalue weighted by atomic mass is 19.1. The Kier molecular flexibility index (Phi) is 4.32. The monoisotopic (exact) mass is 282 g/mol. The third-order valence-electron chi connectivity index (χ3n) is 3.37. The molecule has 0 radical (unpaired) electrons. The molecule has 2 amide bonds. The van der Waals surface area contributed by atoms with Crippen molar-refractivity contribution in [3.63, 3.8) is 0 Å². The molecule has 1 fully saturated rings. The summed E-state index contributed by atoms with van der Waals surface area (Å²) >= 11 is 0. The van der Waals surface area contributed by atoms with Crippen molar-refractivity contribution in [3.8, 4) is 11.5 Å². The predicted molar refractivity (Wildman–Crippen MR) is 73.0 cm³/mol. The quantitative estimate of drug-likeness (QED) is 0.920. The van der Waals surface area contributed by atoms with E-state index in [2.05, 4.69) is 5.32 Å². The Labute approximate surface area is 117 Å². The Morgan fingerprint density at radius 3 is 2.65 bits per heavy atom. The van der Waals surface area contributed by atoms with Gasteiger partial charge in [0.2, 0.25) is 0 Å². The number of nitrogens with zero attached hydrogens (tertiary/aromatic N) is 1. The molecular formula is C14H19FN2O3. The summed E-state index contributed by atoms with van der Waals surface area (Å²) in [6.45, 7) is 2.19. The minimum Gasteiger partial charge on any atom is -0.497 e. The Bertz CT molecular complexity index is 489. The molecular weight excluding hydrogens is 263 g/mol. The maximum absolute atomic E-state index is 12.7. The molecule has 1 N–H and O–H groups in total. The van der Waals surface area contributed by atoms with Crippen LogP contribution in [-0.2, 0) is 0 Å². The summed E-state index contributed by atoms with van der Waals surface area (Å²) in [5, 5.41) is 2.83. The van der Waals surface area contributed by atoms with Gasteiger partial charge in [-0.2, -0.15) is 0 Å². The average molecular weight is 282 g/mol. The van der Waals surface area contributed by atoms with Gasteiger partial charge in [-0.15, -0.1) is 0 Å². The number of carbonyl (C=O) groups is 1. The van der Waals surface area contributed by atoms with Crippen molar-refractivity contribution in [2.75, 3.05) is 27.3 Å². The lowest BCUT2D eigenvalue weighted by atomic mass is 10.1. The van der Waals surface area contributed by atoms with E-state index in [4.69, 9.17) is 9.47 Å². The number of alkyl halides is 1. The van der Waals surface area contributed by atoms with Crippen molar-refractivity contribution in [3.05, 3.63) is 23.8 Å². The topological polar surface area (TPSA) is 50.8 Å². The van der Waals surface area contributed by atoms with Gasteiger partial charge in [0.25, 0.3) is 0 Å². The second-order valence-corrected chi connectivity index (χ2v) is 4.78. The largest absolute Gasteiger partial charge is 0.497 e. The molecule has 0 unspecified atom stereocenters. The zero-order valence-electron chi connectivity index (χ0n) is 11.9. The molecule has 1 saturated heterocycles. The molecule has 1 aliphatic rings. The fourth-order valence-electron chi connectivity index (χ4n) is 2.12. The highest BCUT2D eigenvalue weighted by Crippen LogP contribution is 2.29. The number of carbonyl (C=O) groups excluding carboxylic acids is 1. The molecule has 1 aliphatic heterocycles. The molecule has 110 valence electrons. The van der Waals surface area contributed by atoms with E-state index in [0.29, 0.717) is 11.5 Å². The van der Waals surface area contributed by atoms with Gasteiger partial charge in [0.15, 0.2) is 0 Å². The fraction of sp³-hybridized carbons (Fsp3) is 0.500. The van der Waals surface area contributed by atoms with Crippen molar-refractivity contribution in [2.45, 2.75) is 19.1 Å². The van der Waals surface area contributed by atoms with Crippen molar-refractivity contribution >= 4 is 6.03 Å². The highest BCUT2D eigenvalue weighted by molar-refractivity contribution is 5.75. The van der Waals surface area contributed by atoms with E-state index < -0.39 is 6.17 Å². The lowest BCUT2D eigenvalue weighted by Gasteiger charge is -2.35. The van der Waals surface area contributed by atoms with Crippen LogP contribution in [0.3, 0.4) is 0 Å². The molecule has 1 atom stereocenters. The number of hydrogen-bond donors (Lipinski definition) is 1. The van der Waals surface area contributed by atoms with Gasteiger partial charge >= 0.3 is 6.03 Å². The number of benzene rings is 1. The molecule has 5 nitrogen and oxygen atoms in total. The molecule has 0 saturated carbocycles. The molecule has 2 rings (SSSR count). The summed E-state index contributed by atoms with van der Waals surface area (Å²) in [6.07, 6.45) is -0.897. The first-order valence-corrected chi connectivity index (χ1v) is 6.46. The maximum atomic E-state index is 12.7. The van der Waals surface area contributed by atoms with Gasteiger partial charge in [-0.1, -0.05) is 0 Å². The SMILES string of the molecule is COc1ccc([C@@H](C)NC(=O)N2CC(F)C2)c(OC)c1. The van der Waals surface area contributed by atoms with Crippen molar-refractivity contribution in [1.29, 1.82) is 0 Å². The van der Waals surface area contributed by atoms with Crippen LogP contribution < -0.4 is 14.8 Å². The molecule has 0 aromatic heterocycles. The second kappa shape index (κ2) is 5.98. The Balaban J connectivity index is 2.04. The first-order chi connectivity index (χ1) is 9.55. The first kappa shape index (κ1) is 14.4. The molecule has 20 heavy (non-hydrogen) atoms. The van der Waals surface area contributed by atoms with E-state index >= 15 is 0 Å². The van der Waals surface area contributed by atoms with Crippen LogP contribution in [0.1, 0.15) is 18.5 Å². The number of rotatable bonds is 4. The van der Waals surface area contributed by atoms with Gasteiger partial charge < -0.3 is 19.7 Å². The predicted octanol–water partition coefficient (Wildman–Crippen LogP) is 2.13. The van der Waals surface area contributed by atoms with Gasteiger partial charge in [-0.25, -0.2) is 9.18 Å². The molecule has 1 aromatic carbocycles. The number of ether oxygens (including phenoxy) is 2. The summed E-state index contributed by atoms with van der Waals surface area (Å²) in [5.74, 6) is 1.33. The van der Waals surface area contributed by atoms with E-state index in [9.17, 15) is 9.18 Å². The average Bonchev–Trinajstić information content (AvgIpc) is 2.42. The van der Waals surface area contributed by atoms with E-state index in [1.54, 1.807) is 20.3 Å². The van der Waals surface area contributed by atoms with E-state index in [1.165, 1.54) is 4.90 Å². The molecule has 1 aromatic rings. The number of likely N-dealkylation sites (tertiary alicyclic amines) is 1. The number of nitrogens with one attached hydrogen (secondary N) is 1. The molecule has 0 spiro atoms. The summed E-state index contributed by atoms with van der Waals surface area (Å²) in [6, 6.07) is 4.92. The Morgan fingerprint density at radius 1 is 1.40 bits per heavy atom. The van der Waals surface area contributed by atoms with Crippen LogP contribution in [-0.4, -0.2) is 44.4 Å². The van der Waals surface area contributed by atoms with Crippen LogP contribution >= 0.6 is 0 Å². The minimum atomic E-state index is -0.897.